The Morgan fingerprint density at radius 3 is 2.93 bits per heavy atom. The standard InChI is InChI=1S/C8H10N6O/c1-13-4-6(10-12-13)5-14-8(15)3-2-7(9)11-14/h2-4H,5H2,1H3,(H2,9,11). The summed E-state index contributed by atoms with van der Waals surface area (Å²) in [6.07, 6.45) is 1.72. The van der Waals surface area contributed by atoms with Crippen molar-refractivity contribution in [1.82, 2.24) is 24.8 Å². The van der Waals surface area contributed by atoms with Gasteiger partial charge in [-0.2, -0.15) is 5.10 Å². The molecule has 0 unspecified atom stereocenters. The van der Waals surface area contributed by atoms with E-state index in [1.54, 1.807) is 17.9 Å². The highest BCUT2D eigenvalue weighted by Crippen LogP contribution is 1.95. The molecule has 0 aliphatic heterocycles. The molecule has 0 fully saturated rings. The third-order valence-electron chi connectivity index (χ3n) is 1.85. The Morgan fingerprint density at radius 2 is 2.27 bits per heavy atom. The molecule has 0 saturated heterocycles. The molecule has 7 heteroatoms. The first kappa shape index (κ1) is 9.38. The molecule has 2 heterocycles. The highest BCUT2D eigenvalue weighted by Gasteiger charge is 2.02. The van der Waals surface area contributed by atoms with Crippen molar-refractivity contribution >= 4 is 5.82 Å². The van der Waals surface area contributed by atoms with Crippen molar-refractivity contribution in [1.29, 1.82) is 0 Å². The fourth-order valence-corrected chi connectivity index (χ4v) is 1.20. The number of nitrogens with two attached hydrogens (primary N) is 1. The molecule has 0 spiro atoms. The minimum absolute atomic E-state index is 0.213. The lowest BCUT2D eigenvalue weighted by molar-refractivity contribution is 0.630. The predicted octanol–water partition coefficient (Wildman–Crippen LogP) is -0.998. The third kappa shape index (κ3) is 2.01. The van der Waals surface area contributed by atoms with Gasteiger partial charge < -0.3 is 5.73 Å². The van der Waals surface area contributed by atoms with Gasteiger partial charge in [0.15, 0.2) is 0 Å². The topological polar surface area (TPSA) is 91.6 Å². The first-order valence-corrected chi connectivity index (χ1v) is 4.34. The van der Waals surface area contributed by atoms with E-state index < -0.39 is 0 Å². The Balaban J connectivity index is 2.31. The molecular weight excluding hydrogens is 196 g/mol. The fourth-order valence-electron chi connectivity index (χ4n) is 1.20. The Morgan fingerprint density at radius 1 is 1.47 bits per heavy atom. The lowest BCUT2D eigenvalue weighted by Gasteiger charge is -2.01. The maximum absolute atomic E-state index is 11.4. The van der Waals surface area contributed by atoms with Crippen molar-refractivity contribution in [3.8, 4) is 0 Å². The summed E-state index contributed by atoms with van der Waals surface area (Å²) in [5, 5.41) is 11.5. The summed E-state index contributed by atoms with van der Waals surface area (Å²) >= 11 is 0. The van der Waals surface area contributed by atoms with Crippen LogP contribution in [0.25, 0.3) is 0 Å². The number of hydrogen-bond donors (Lipinski definition) is 1. The first-order chi connectivity index (χ1) is 7.15. The van der Waals surface area contributed by atoms with Crippen LogP contribution >= 0.6 is 0 Å². The molecule has 0 radical (unpaired) electrons. The Labute approximate surface area is 85.1 Å². The second kappa shape index (κ2) is 3.52. The second-order valence-electron chi connectivity index (χ2n) is 3.14. The van der Waals surface area contributed by atoms with Crippen molar-refractivity contribution in [3.05, 3.63) is 34.4 Å². The number of nitrogen functional groups attached to an aromatic ring is 1. The molecule has 0 aliphatic carbocycles. The minimum atomic E-state index is -0.213. The molecule has 2 aromatic rings. The van der Waals surface area contributed by atoms with Crippen molar-refractivity contribution in [2.24, 2.45) is 7.05 Å². The van der Waals surface area contributed by atoms with Gasteiger partial charge in [0.25, 0.3) is 5.56 Å². The molecule has 0 aromatic carbocycles. The van der Waals surface area contributed by atoms with Crippen LogP contribution in [0.4, 0.5) is 5.82 Å². The number of rotatable bonds is 2. The molecule has 15 heavy (non-hydrogen) atoms. The SMILES string of the molecule is Cn1cc(Cn2nc(N)ccc2=O)nn1. The maximum atomic E-state index is 11.4. The van der Waals surface area contributed by atoms with E-state index in [4.69, 9.17) is 5.73 Å². The van der Waals surface area contributed by atoms with Crippen LogP contribution in [0.1, 0.15) is 5.69 Å². The average molecular weight is 206 g/mol. The van der Waals surface area contributed by atoms with E-state index in [0.29, 0.717) is 11.5 Å². The summed E-state index contributed by atoms with van der Waals surface area (Å²) in [5.74, 6) is 0.304. The summed E-state index contributed by atoms with van der Waals surface area (Å²) in [4.78, 5) is 11.4. The molecule has 7 nitrogen and oxygen atoms in total. The Kier molecular flexibility index (Phi) is 2.20. The zero-order chi connectivity index (χ0) is 10.8. The van der Waals surface area contributed by atoms with E-state index in [1.165, 1.54) is 16.8 Å². The lowest BCUT2D eigenvalue weighted by atomic mass is 10.4. The minimum Gasteiger partial charge on any atom is -0.382 e. The molecule has 0 amide bonds. The van der Waals surface area contributed by atoms with Crippen LogP contribution in [0, 0.1) is 0 Å². The molecule has 0 bridgehead atoms. The fraction of sp³-hybridized carbons (Fsp3) is 0.250. The van der Waals surface area contributed by atoms with E-state index in [-0.39, 0.29) is 12.1 Å². The third-order valence-corrected chi connectivity index (χ3v) is 1.85. The summed E-state index contributed by atoms with van der Waals surface area (Å²) in [7, 11) is 1.76. The van der Waals surface area contributed by atoms with Gasteiger partial charge in [-0.3, -0.25) is 9.48 Å². The van der Waals surface area contributed by atoms with Gasteiger partial charge in [-0.05, 0) is 6.07 Å². The van der Waals surface area contributed by atoms with Gasteiger partial charge >= 0.3 is 0 Å². The molecule has 2 N–H and O–H groups in total. The maximum Gasteiger partial charge on any atom is 0.267 e. The van der Waals surface area contributed by atoms with Crippen LogP contribution < -0.4 is 11.3 Å². The number of hydrogen-bond acceptors (Lipinski definition) is 5. The quantitative estimate of drug-likeness (QED) is 0.680. The molecule has 0 aliphatic rings. The van der Waals surface area contributed by atoms with Gasteiger partial charge in [-0.1, -0.05) is 5.21 Å². The largest absolute Gasteiger partial charge is 0.382 e. The molecule has 2 rings (SSSR count). The van der Waals surface area contributed by atoms with Crippen molar-refractivity contribution < 1.29 is 0 Å². The van der Waals surface area contributed by atoms with Gasteiger partial charge in [0.05, 0.1) is 12.7 Å². The van der Waals surface area contributed by atoms with Crippen LogP contribution in [0.3, 0.4) is 0 Å². The normalized spacial score (nSPS) is 10.5. The number of nitrogens with zero attached hydrogens (tertiary/aromatic N) is 5. The number of aromatic nitrogens is 5. The van der Waals surface area contributed by atoms with Crippen LogP contribution in [-0.2, 0) is 13.6 Å². The van der Waals surface area contributed by atoms with Gasteiger partial charge in [0, 0.05) is 13.1 Å². The second-order valence-corrected chi connectivity index (χ2v) is 3.14. The van der Waals surface area contributed by atoms with Crippen molar-refractivity contribution in [2.75, 3.05) is 5.73 Å². The van der Waals surface area contributed by atoms with E-state index in [2.05, 4.69) is 15.4 Å². The summed E-state index contributed by atoms with van der Waals surface area (Å²) in [5.41, 5.74) is 5.93. The van der Waals surface area contributed by atoms with Gasteiger partial charge in [0.2, 0.25) is 0 Å². The molecule has 0 saturated carbocycles. The van der Waals surface area contributed by atoms with E-state index in [0.717, 1.165) is 0 Å². The van der Waals surface area contributed by atoms with Crippen molar-refractivity contribution in [3.63, 3.8) is 0 Å². The predicted molar refractivity (Wildman–Crippen MR) is 53.0 cm³/mol. The molecule has 78 valence electrons. The highest BCUT2D eigenvalue weighted by atomic mass is 16.1. The Bertz CT molecular complexity index is 528. The van der Waals surface area contributed by atoms with Crippen LogP contribution in [0.5, 0.6) is 0 Å². The summed E-state index contributed by atoms with van der Waals surface area (Å²) < 4.78 is 2.81. The number of aryl methyl sites for hydroxylation is 1. The van der Waals surface area contributed by atoms with Crippen LogP contribution in [-0.4, -0.2) is 24.8 Å². The highest BCUT2D eigenvalue weighted by molar-refractivity contribution is 5.23. The first-order valence-electron chi connectivity index (χ1n) is 4.34. The molecular formula is C8H10N6O. The van der Waals surface area contributed by atoms with Crippen LogP contribution in [0.15, 0.2) is 23.1 Å². The van der Waals surface area contributed by atoms with E-state index in [1.807, 2.05) is 0 Å². The average Bonchev–Trinajstić information content (AvgIpc) is 2.58. The molecule has 0 atom stereocenters. The lowest BCUT2D eigenvalue weighted by Crippen LogP contribution is -2.23. The zero-order valence-electron chi connectivity index (χ0n) is 8.16. The van der Waals surface area contributed by atoms with E-state index in [9.17, 15) is 4.79 Å². The number of anilines is 1. The van der Waals surface area contributed by atoms with Gasteiger partial charge in [0.1, 0.15) is 11.5 Å². The smallest absolute Gasteiger partial charge is 0.267 e. The zero-order valence-corrected chi connectivity index (χ0v) is 8.16. The van der Waals surface area contributed by atoms with Gasteiger partial charge in [-0.15, -0.1) is 5.10 Å². The van der Waals surface area contributed by atoms with E-state index >= 15 is 0 Å². The van der Waals surface area contributed by atoms with Gasteiger partial charge in [-0.25, -0.2) is 4.68 Å². The molecule has 2 aromatic heterocycles. The monoisotopic (exact) mass is 206 g/mol. The summed E-state index contributed by atoms with van der Waals surface area (Å²) in [6, 6.07) is 2.84. The van der Waals surface area contributed by atoms with Crippen molar-refractivity contribution in [2.45, 2.75) is 6.54 Å². The van der Waals surface area contributed by atoms with Crippen LogP contribution in [0.2, 0.25) is 0 Å². The summed E-state index contributed by atoms with van der Waals surface area (Å²) in [6.45, 7) is 0.276. The Hall–Kier alpha value is -2.18.